The van der Waals surface area contributed by atoms with Crippen molar-refractivity contribution in [3.63, 3.8) is 0 Å². The summed E-state index contributed by atoms with van der Waals surface area (Å²) >= 11 is 1.86. The summed E-state index contributed by atoms with van der Waals surface area (Å²) in [6.07, 6.45) is 0. The molecule has 0 atom stereocenters. The van der Waals surface area contributed by atoms with Crippen molar-refractivity contribution in [1.29, 1.82) is 0 Å². The SMILES string of the molecule is c1ccc(-c2cc(-n3c4ccccc4c4cc(-n5c6ccc(-c7ccccc7)nc6c6c7sc8ccccc8c7ccc65)ccc43)cc(-c3ccccc3)n2)cc1. The Morgan fingerprint density at radius 3 is 1.63 bits per heavy atom. The molecule has 0 aliphatic carbocycles. The van der Waals surface area contributed by atoms with Gasteiger partial charge < -0.3 is 9.13 Å². The maximum absolute atomic E-state index is 5.44. The molecular weight excluding hydrogens is 713 g/mol. The molecule has 0 aliphatic rings. The van der Waals surface area contributed by atoms with E-state index < -0.39 is 0 Å². The molecule has 0 fully saturated rings. The first-order chi connectivity index (χ1) is 28.3. The van der Waals surface area contributed by atoms with Gasteiger partial charge in [0.2, 0.25) is 0 Å². The third-order valence-corrected chi connectivity index (χ3v) is 12.5. The van der Waals surface area contributed by atoms with Gasteiger partial charge in [0.15, 0.2) is 0 Å². The molecule has 5 aromatic heterocycles. The van der Waals surface area contributed by atoms with Gasteiger partial charge in [-0.25, -0.2) is 9.97 Å². The second-order valence-corrected chi connectivity index (χ2v) is 15.6. The van der Waals surface area contributed by atoms with Crippen molar-refractivity contribution in [1.82, 2.24) is 19.1 Å². The van der Waals surface area contributed by atoms with Crippen molar-refractivity contribution in [3.8, 4) is 45.1 Å². The van der Waals surface area contributed by atoms with Crippen LogP contribution in [0, 0.1) is 0 Å². The Bertz CT molecular complexity index is 3450. The van der Waals surface area contributed by atoms with E-state index in [9.17, 15) is 0 Å². The maximum Gasteiger partial charge on any atom is 0.0985 e. The summed E-state index contributed by atoms with van der Waals surface area (Å²) in [5, 5.41) is 6.15. The molecule has 266 valence electrons. The number of benzene rings is 7. The number of para-hydroxylation sites is 1. The molecule has 7 aromatic carbocycles. The molecule has 0 N–H and O–H groups in total. The molecule has 0 bridgehead atoms. The molecule has 0 aliphatic heterocycles. The third kappa shape index (κ3) is 4.99. The predicted octanol–water partition coefficient (Wildman–Crippen LogP) is 14.0. The minimum atomic E-state index is 0.940. The van der Waals surface area contributed by atoms with E-state index in [4.69, 9.17) is 9.97 Å². The smallest absolute Gasteiger partial charge is 0.0985 e. The van der Waals surface area contributed by atoms with Gasteiger partial charge in [0.05, 0.1) is 50.4 Å². The lowest BCUT2D eigenvalue weighted by Crippen LogP contribution is -1.99. The molecular formula is C52H32N4S. The molecule has 12 rings (SSSR count). The van der Waals surface area contributed by atoms with E-state index in [1.807, 2.05) is 11.3 Å². The van der Waals surface area contributed by atoms with Crippen molar-refractivity contribution in [2.45, 2.75) is 0 Å². The number of thiophene rings is 1. The lowest BCUT2D eigenvalue weighted by Gasteiger charge is -2.14. The minimum Gasteiger partial charge on any atom is -0.309 e. The lowest BCUT2D eigenvalue weighted by molar-refractivity contribution is 1.15. The molecule has 0 spiro atoms. The van der Waals surface area contributed by atoms with Gasteiger partial charge in [-0.1, -0.05) is 133 Å². The summed E-state index contributed by atoms with van der Waals surface area (Å²) < 4.78 is 7.37. The second-order valence-electron chi connectivity index (χ2n) is 14.6. The summed E-state index contributed by atoms with van der Waals surface area (Å²) in [7, 11) is 0. The van der Waals surface area contributed by atoms with Crippen LogP contribution in [-0.2, 0) is 0 Å². The monoisotopic (exact) mass is 744 g/mol. The molecule has 0 amide bonds. The van der Waals surface area contributed by atoms with E-state index >= 15 is 0 Å². The molecule has 4 nitrogen and oxygen atoms in total. The number of hydrogen-bond donors (Lipinski definition) is 0. The highest BCUT2D eigenvalue weighted by atomic mass is 32.1. The normalized spacial score (nSPS) is 11.9. The van der Waals surface area contributed by atoms with E-state index in [1.165, 1.54) is 36.3 Å². The van der Waals surface area contributed by atoms with E-state index in [2.05, 4.69) is 203 Å². The third-order valence-electron chi connectivity index (χ3n) is 11.3. The summed E-state index contributed by atoms with van der Waals surface area (Å²) in [6.45, 7) is 0. The van der Waals surface area contributed by atoms with Crippen LogP contribution in [0.3, 0.4) is 0 Å². The summed E-state index contributed by atoms with van der Waals surface area (Å²) in [6, 6.07) is 69.3. The number of hydrogen-bond acceptors (Lipinski definition) is 3. The van der Waals surface area contributed by atoms with Gasteiger partial charge in [-0.2, -0.15) is 0 Å². The Morgan fingerprint density at radius 2 is 0.912 bits per heavy atom. The molecule has 57 heavy (non-hydrogen) atoms. The standard InChI is InChI=1S/C52H32N4S/c1-4-14-33(15-5-1)42-26-29-48-51(54-42)50-47(28-25-40-39-21-11-13-23-49(39)57-52(40)50)55(48)36-24-27-46-41(30-36)38-20-10-12-22-45(38)56(46)37-31-43(34-16-6-2-7-17-34)53-44(32-37)35-18-8-3-9-19-35/h1-32H. The fourth-order valence-corrected chi connectivity index (χ4v) is 9.97. The molecule has 12 aromatic rings. The number of pyridine rings is 2. The predicted molar refractivity (Wildman–Crippen MR) is 240 cm³/mol. The molecule has 0 radical (unpaired) electrons. The highest BCUT2D eigenvalue weighted by Crippen LogP contribution is 2.44. The van der Waals surface area contributed by atoms with Crippen LogP contribution in [0.4, 0.5) is 0 Å². The molecule has 5 heteroatoms. The van der Waals surface area contributed by atoms with Crippen LogP contribution < -0.4 is 0 Å². The second kappa shape index (κ2) is 12.6. The zero-order valence-electron chi connectivity index (χ0n) is 30.7. The van der Waals surface area contributed by atoms with Crippen molar-refractivity contribution in [2.24, 2.45) is 0 Å². The van der Waals surface area contributed by atoms with Crippen LogP contribution in [0.5, 0.6) is 0 Å². The Kier molecular flexibility index (Phi) is 7.06. The van der Waals surface area contributed by atoms with E-state index in [1.54, 1.807) is 0 Å². The van der Waals surface area contributed by atoms with Crippen molar-refractivity contribution in [2.75, 3.05) is 0 Å². The topological polar surface area (TPSA) is 35.6 Å². The van der Waals surface area contributed by atoms with Crippen LogP contribution in [-0.4, -0.2) is 19.1 Å². The van der Waals surface area contributed by atoms with Gasteiger partial charge >= 0.3 is 0 Å². The number of nitrogens with zero attached hydrogens (tertiary/aromatic N) is 4. The average molecular weight is 745 g/mol. The zero-order valence-corrected chi connectivity index (χ0v) is 31.5. The van der Waals surface area contributed by atoms with Crippen LogP contribution in [0.1, 0.15) is 0 Å². The average Bonchev–Trinajstić information content (AvgIpc) is 3.94. The molecule has 0 saturated heterocycles. The van der Waals surface area contributed by atoms with Crippen LogP contribution in [0.15, 0.2) is 194 Å². The van der Waals surface area contributed by atoms with Gasteiger partial charge in [0.1, 0.15) is 0 Å². The maximum atomic E-state index is 5.44. The lowest BCUT2D eigenvalue weighted by atomic mass is 10.1. The van der Waals surface area contributed by atoms with Gasteiger partial charge in [0.25, 0.3) is 0 Å². The van der Waals surface area contributed by atoms with Crippen LogP contribution >= 0.6 is 11.3 Å². The molecule has 0 saturated carbocycles. The van der Waals surface area contributed by atoms with E-state index in [0.29, 0.717) is 0 Å². The molecule has 5 heterocycles. The van der Waals surface area contributed by atoms with Crippen LogP contribution in [0.2, 0.25) is 0 Å². The first-order valence-corrected chi connectivity index (χ1v) is 20.1. The number of aromatic nitrogens is 4. The van der Waals surface area contributed by atoms with Crippen LogP contribution in [0.25, 0.3) is 109 Å². The van der Waals surface area contributed by atoms with E-state index in [0.717, 1.165) is 72.7 Å². The highest BCUT2D eigenvalue weighted by molar-refractivity contribution is 7.26. The van der Waals surface area contributed by atoms with Crippen molar-refractivity contribution in [3.05, 3.63) is 194 Å². The fraction of sp³-hybridized carbons (Fsp3) is 0. The fourth-order valence-electron chi connectivity index (χ4n) is 8.72. The Labute approximate surface area is 332 Å². The Balaban J connectivity index is 1.12. The number of rotatable bonds is 5. The van der Waals surface area contributed by atoms with Gasteiger partial charge in [-0.05, 0) is 60.7 Å². The van der Waals surface area contributed by atoms with Crippen molar-refractivity contribution < 1.29 is 0 Å². The zero-order chi connectivity index (χ0) is 37.5. The largest absolute Gasteiger partial charge is 0.309 e. The quantitative estimate of drug-likeness (QED) is 0.176. The van der Waals surface area contributed by atoms with Gasteiger partial charge in [-0.3, -0.25) is 0 Å². The first kappa shape index (κ1) is 32.0. The molecule has 0 unspecified atom stereocenters. The highest BCUT2D eigenvalue weighted by Gasteiger charge is 2.21. The number of fused-ring (bicyclic) bond motifs is 10. The first-order valence-electron chi connectivity index (χ1n) is 19.2. The Morgan fingerprint density at radius 1 is 0.351 bits per heavy atom. The van der Waals surface area contributed by atoms with Gasteiger partial charge in [-0.15, -0.1) is 11.3 Å². The summed E-state index contributed by atoms with van der Waals surface area (Å²) in [5.41, 5.74) is 13.9. The minimum absolute atomic E-state index is 0.940. The van der Waals surface area contributed by atoms with E-state index in [-0.39, 0.29) is 0 Å². The Hall–Kier alpha value is -7.34. The summed E-state index contributed by atoms with van der Waals surface area (Å²) in [5.74, 6) is 0. The summed E-state index contributed by atoms with van der Waals surface area (Å²) in [4.78, 5) is 10.6. The van der Waals surface area contributed by atoms with Crippen molar-refractivity contribution >= 4 is 75.3 Å². The van der Waals surface area contributed by atoms with Gasteiger partial charge in [0, 0.05) is 58.7 Å².